The predicted molar refractivity (Wildman–Crippen MR) is 101 cm³/mol. The molecule has 1 amide bonds. The lowest BCUT2D eigenvalue weighted by molar-refractivity contribution is -0.149. The SMILES string of the molecule is CS(=O)(=O)N1CCC(C(=O)N2CCC(C(=O)O)(c3ccccc3)CC2)CC1. The van der Waals surface area contributed by atoms with Crippen molar-refractivity contribution in [1.82, 2.24) is 9.21 Å². The van der Waals surface area contributed by atoms with Crippen LogP contribution >= 0.6 is 0 Å². The molecule has 0 atom stereocenters. The van der Waals surface area contributed by atoms with Gasteiger partial charge >= 0.3 is 5.97 Å². The first-order chi connectivity index (χ1) is 12.7. The van der Waals surface area contributed by atoms with Gasteiger partial charge in [0.2, 0.25) is 15.9 Å². The molecular weight excluding hydrogens is 368 g/mol. The Hall–Kier alpha value is -1.93. The highest BCUT2D eigenvalue weighted by Crippen LogP contribution is 2.36. The highest BCUT2D eigenvalue weighted by atomic mass is 32.2. The lowest BCUT2D eigenvalue weighted by Crippen LogP contribution is -2.51. The van der Waals surface area contributed by atoms with Crippen molar-refractivity contribution in [2.24, 2.45) is 5.92 Å². The molecule has 3 rings (SSSR count). The number of amides is 1. The highest BCUT2D eigenvalue weighted by Gasteiger charge is 2.44. The summed E-state index contributed by atoms with van der Waals surface area (Å²) in [4.78, 5) is 26.6. The molecule has 2 fully saturated rings. The van der Waals surface area contributed by atoms with E-state index < -0.39 is 21.4 Å². The van der Waals surface area contributed by atoms with E-state index in [1.807, 2.05) is 30.3 Å². The molecule has 0 aliphatic carbocycles. The summed E-state index contributed by atoms with van der Waals surface area (Å²) in [6.07, 6.45) is 3.01. The van der Waals surface area contributed by atoms with Crippen molar-refractivity contribution in [3.8, 4) is 0 Å². The third-order valence-corrected chi connectivity index (χ3v) is 7.24. The molecule has 1 aromatic rings. The summed E-state index contributed by atoms with van der Waals surface area (Å²) in [6, 6.07) is 9.22. The molecule has 0 saturated carbocycles. The molecule has 8 heteroatoms. The molecule has 7 nitrogen and oxygen atoms in total. The minimum atomic E-state index is -3.21. The largest absolute Gasteiger partial charge is 0.481 e. The molecule has 0 spiro atoms. The number of likely N-dealkylation sites (tertiary alicyclic amines) is 1. The van der Waals surface area contributed by atoms with Gasteiger partial charge in [-0.05, 0) is 31.2 Å². The van der Waals surface area contributed by atoms with Crippen molar-refractivity contribution >= 4 is 21.9 Å². The fourth-order valence-electron chi connectivity index (χ4n) is 4.18. The molecular formula is C19H26N2O5S. The van der Waals surface area contributed by atoms with Gasteiger partial charge in [0.15, 0.2) is 0 Å². The van der Waals surface area contributed by atoms with Crippen molar-refractivity contribution < 1.29 is 23.1 Å². The van der Waals surface area contributed by atoms with Crippen LogP contribution in [-0.2, 0) is 25.0 Å². The molecule has 148 valence electrons. The lowest BCUT2D eigenvalue weighted by Gasteiger charge is -2.41. The Morgan fingerprint density at radius 2 is 1.59 bits per heavy atom. The number of carbonyl (C=O) groups is 2. The number of hydrogen-bond acceptors (Lipinski definition) is 4. The molecule has 0 aromatic heterocycles. The summed E-state index contributed by atoms with van der Waals surface area (Å²) >= 11 is 0. The van der Waals surface area contributed by atoms with Gasteiger partial charge in [0.25, 0.3) is 0 Å². The zero-order valence-electron chi connectivity index (χ0n) is 15.5. The van der Waals surface area contributed by atoms with Gasteiger partial charge in [0, 0.05) is 32.1 Å². The van der Waals surface area contributed by atoms with Gasteiger partial charge in [0.05, 0.1) is 11.7 Å². The van der Waals surface area contributed by atoms with Crippen LogP contribution in [0.4, 0.5) is 0 Å². The smallest absolute Gasteiger partial charge is 0.314 e. The van der Waals surface area contributed by atoms with Crippen molar-refractivity contribution in [3.63, 3.8) is 0 Å². The van der Waals surface area contributed by atoms with Crippen LogP contribution in [0.1, 0.15) is 31.2 Å². The highest BCUT2D eigenvalue weighted by molar-refractivity contribution is 7.88. The number of carbonyl (C=O) groups excluding carboxylic acids is 1. The fourth-order valence-corrected chi connectivity index (χ4v) is 5.06. The van der Waals surface area contributed by atoms with E-state index >= 15 is 0 Å². The Labute approximate surface area is 160 Å². The Kier molecular flexibility index (Phi) is 5.58. The molecule has 2 aliphatic heterocycles. The molecule has 1 N–H and O–H groups in total. The average Bonchev–Trinajstić information content (AvgIpc) is 2.67. The summed E-state index contributed by atoms with van der Waals surface area (Å²) in [5, 5.41) is 9.86. The second-order valence-corrected chi connectivity index (χ2v) is 9.50. The van der Waals surface area contributed by atoms with E-state index in [1.165, 1.54) is 10.6 Å². The number of carboxylic acid groups (broad SMARTS) is 1. The molecule has 0 bridgehead atoms. The van der Waals surface area contributed by atoms with Gasteiger partial charge in [0.1, 0.15) is 0 Å². The Morgan fingerprint density at radius 1 is 1.04 bits per heavy atom. The summed E-state index contributed by atoms with van der Waals surface area (Å²) in [6.45, 7) is 1.55. The maximum absolute atomic E-state index is 12.8. The number of aliphatic carboxylic acids is 1. The lowest BCUT2D eigenvalue weighted by atomic mass is 9.72. The molecule has 2 saturated heterocycles. The van der Waals surface area contributed by atoms with Crippen molar-refractivity contribution in [3.05, 3.63) is 35.9 Å². The average molecular weight is 394 g/mol. The number of carboxylic acids is 1. The Balaban J connectivity index is 1.63. The second-order valence-electron chi connectivity index (χ2n) is 7.51. The third-order valence-electron chi connectivity index (χ3n) is 5.94. The quantitative estimate of drug-likeness (QED) is 0.831. The summed E-state index contributed by atoms with van der Waals surface area (Å²) in [7, 11) is -3.21. The maximum atomic E-state index is 12.8. The number of rotatable bonds is 4. The zero-order valence-corrected chi connectivity index (χ0v) is 16.3. The van der Waals surface area contributed by atoms with Crippen LogP contribution in [0.5, 0.6) is 0 Å². The van der Waals surface area contributed by atoms with E-state index in [0.29, 0.717) is 51.9 Å². The Bertz CT molecular complexity index is 793. The van der Waals surface area contributed by atoms with E-state index in [2.05, 4.69) is 0 Å². The van der Waals surface area contributed by atoms with E-state index in [0.717, 1.165) is 5.56 Å². The van der Waals surface area contributed by atoms with Crippen molar-refractivity contribution in [2.45, 2.75) is 31.1 Å². The van der Waals surface area contributed by atoms with Gasteiger partial charge in [-0.2, -0.15) is 0 Å². The van der Waals surface area contributed by atoms with Crippen molar-refractivity contribution in [1.29, 1.82) is 0 Å². The first-order valence-corrected chi connectivity index (χ1v) is 11.1. The van der Waals surface area contributed by atoms with E-state index in [9.17, 15) is 23.1 Å². The number of hydrogen-bond donors (Lipinski definition) is 1. The van der Waals surface area contributed by atoms with E-state index in [-0.39, 0.29) is 11.8 Å². The van der Waals surface area contributed by atoms with Crippen LogP contribution in [0.3, 0.4) is 0 Å². The van der Waals surface area contributed by atoms with E-state index in [4.69, 9.17) is 0 Å². The molecule has 1 aromatic carbocycles. The maximum Gasteiger partial charge on any atom is 0.314 e. The summed E-state index contributed by atoms with van der Waals surface area (Å²) < 4.78 is 24.6. The van der Waals surface area contributed by atoms with Crippen LogP contribution in [0.15, 0.2) is 30.3 Å². The summed E-state index contributed by atoms with van der Waals surface area (Å²) in [5.41, 5.74) is -0.163. The van der Waals surface area contributed by atoms with Crippen LogP contribution in [0, 0.1) is 5.92 Å². The molecule has 2 aliphatic rings. The minimum Gasteiger partial charge on any atom is -0.481 e. The zero-order chi connectivity index (χ0) is 19.7. The summed E-state index contributed by atoms with van der Waals surface area (Å²) in [5.74, 6) is -1.01. The molecule has 0 radical (unpaired) electrons. The normalized spacial score (nSPS) is 21.7. The topological polar surface area (TPSA) is 95.0 Å². The first-order valence-electron chi connectivity index (χ1n) is 9.27. The molecule has 2 heterocycles. The van der Waals surface area contributed by atoms with E-state index in [1.54, 1.807) is 4.90 Å². The number of piperidine rings is 2. The third kappa shape index (κ3) is 4.01. The van der Waals surface area contributed by atoms with Crippen LogP contribution < -0.4 is 0 Å². The molecule has 27 heavy (non-hydrogen) atoms. The number of nitrogens with zero attached hydrogens (tertiary/aromatic N) is 2. The monoisotopic (exact) mass is 394 g/mol. The van der Waals surface area contributed by atoms with Gasteiger partial charge < -0.3 is 10.0 Å². The van der Waals surface area contributed by atoms with Crippen LogP contribution in [0.25, 0.3) is 0 Å². The standard InChI is InChI=1S/C19H26N2O5S/c1-27(25,26)21-11-7-15(8-12-21)17(22)20-13-9-19(10-14-20,18(23)24)16-5-3-2-4-6-16/h2-6,15H,7-14H2,1H3,(H,23,24). The van der Waals surface area contributed by atoms with Gasteiger partial charge in [-0.15, -0.1) is 0 Å². The molecule has 0 unspecified atom stereocenters. The predicted octanol–water partition coefficient (Wildman–Crippen LogP) is 1.30. The minimum absolute atomic E-state index is 0.0233. The first kappa shape index (κ1) is 19.8. The van der Waals surface area contributed by atoms with Gasteiger partial charge in [-0.25, -0.2) is 12.7 Å². The second kappa shape index (κ2) is 7.59. The van der Waals surface area contributed by atoms with Crippen LogP contribution in [0.2, 0.25) is 0 Å². The fraction of sp³-hybridized carbons (Fsp3) is 0.579. The van der Waals surface area contributed by atoms with Gasteiger partial charge in [-0.1, -0.05) is 30.3 Å². The Morgan fingerprint density at radius 3 is 2.07 bits per heavy atom. The number of benzene rings is 1. The van der Waals surface area contributed by atoms with Crippen molar-refractivity contribution in [2.75, 3.05) is 32.4 Å². The van der Waals surface area contributed by atoms with Crippen LogP contribution in [-0.4, -0.2) is 67.0 Å². The van der Waals surface area contributed by atoms with Gasteiger partial charge in [-0.3, -0.25) is 9.59 Å². The number of sulfonamides is 1.